The summed E-state index contributed by atoms with van der Waals surface area (Å²) in [4.78, 5) is 0. The first-order valence-corrected chi connectivity index (χ1v) is 6.21. The average molecular weight is 290 g/mol. The van der Waals surface area contributed by atoms with E-state index in [2.05, 4.69) is 0 Å². The molecule has 0 bridgehead atoms. The fourth-order valence-corrected chi connectivity index (χ4v) is 2.26. The van der Waals surface area contributed by atoms with E-state index < -0.39 is 0 Å². The molecule has 0 aromatic heterocycles. The van der Waals surface area contributed by atoms with Crippen LogP contribution in [-0.2, 0) is 5.88 Å². The lowest BCUT2D eigenvalue weighted by atomic mass is 10.0. The van der Waals surface area contributed by atoms with Crippen LogP contribution in [0.25, 0.3) is 11.1 Å². The van der Waals surface area contributed by atoms with Crippen LogP contribution in [0.4, 0.5) is 4.39 Å². The van der Waals surface area contributed by atoms with Crippen molar-refractivity contribution in [3.05, 3.63) is 57.8 Å². The Hall–Kier alpha value is -0.760. The second-order valence-electron chi connectivity index (χ2n) is 3.54. The minimum Gasteiger partial charge on any atom is -0.207 e. The fourth-order valence-electron chi connectivity index (χ4n) is 1.63. The molecule has 0 unspecified atom stereocenters. The van der Waals surface area contributed by atoms with E-state index in [1.165, 1.54) is 12.1 Å². The van der Waals surface area contributed by atoms with Crippen LogP contribution in [0.15, 0.2) is 36.4 Å². The smallest absolute Gasteiger partial charge is 0.123 e. The molecule has 0 amide bonds. The summed E-state index contributed by atoms with van der Waals surface area (Å²) in [5, 5.41) is 0.847. The van der Waals surface area contributed by atoms with Crippen molar-refractivity contribution in [1.82, 2.24) is 0 Å². The second-order valence-corrected chi connectivity index (χ2v) is 4.59. The van der Waals surface area contributed by atoms with Gasteiger partial charge in [-0.25, -0.2) is 4.39 Å². The quantitative estimate of drug-likeness (QED) is 0.637. The van der Waals surface area contributed by atoms with E-state index in [0.29, 0.717) is 27.1 Å². The van der Waals surface area contributed by atoms with Crippen molar-refractivity contribution in [2.45, 2.75) is 5.88 Å². The largest absolute Gasteiger partial charge is 0.207 e. The predicted octanol–water partition coefficient (Wildman–Crippen LogP) is 5.54. The van der Waals surface area contributed by atoms with Gasteiger partial charge in [0.2, 0.25) is 0 Å². The predicted molar refractivity (Wildman–Crippen MR) is 71.4 cm³/mol. The van der Waals surface area contributed by atoms with Crippen LogP contribution in [0.1, 0.15) is 5.56 Å². The van der Waals surface area contributed by atoms with E-state index in [1.54, 1.807) is 24.3 Å². The summed E-state index contributed by atoms with van der Waals surface area (Å²) in [5.41, 5.74) is 2.18. The molecule has 0 atom stereocenters. The van der Waals surface area contributed by atoms with Crippen molar-refractivity contribution in [3.8, 4) is 11.1 Å². The molecule has 0 saturated carbocycles. The first-order valence-electron chi connectivity index (χ1n) is 4.92. The molecule has 0 radical (unpaired) electrons. The Labute approximate surface area is 114 Å². The third-order valence-corrected chi connectivity index (χ3v) is 3.56. The lowest BCUT2D eigenvalue weighted by molar-refractivity contribution is 0.628. The molecule has 0 aliphatic carbocycles. The van der Waals surface area contributed by atoms with Gasteiger partial charge in [-0.1, -0.05) is 41.4 Å². The highest BCUT2D eigenvalue weighted by Gasteiger charge is 2.11. The van der Waals surface area contributed by atoms with Gasteiger partial charge in [0.25, 0.3) is 0 Å². The van der Waals surface area contributed by atoms with Crippen molar-refractivity contribution < 1.29 is 4.39 Å². The lowest BCUT2D eigenvalue weighted by Crippen LogP contribution is -1.89. The third kappa shape index (κ3) is 2.57. The Morgan fingerprint density at radius 3 is 2.47 bits per heavy atom. The van der Waals surface area contributed by atoms with Crippen LogP contribution in [0.5, 0.6) is 0 Å². The van der Waals surface area contributed by atoms with Gasteiger partial charge >= 0.3 is 0 Å². The number of hydrogen-bond acceptors (Lipinski definition) is 0. The van der Waals surface area contributed by atoms with Gasteiger partial charge in [-0.3, -0.25) is 0 Å². The standard InChI is InChI=1S/C13H8Cl3F/c14-7-8-4-5-9(17)6-11(8)10-2-1-3-12(15)13(10)16/h1-6H,7H2. The molecule has 2 aromatic carbocycles. The minimum absolute atomic E-state index is 0.290. The lowest BCUT2D eigenvalue weighted by Gasteiger charge is -2.10. The number of hydrogen-bond donors (Lipinski definition) is 0. The zero-order chi connectivity index (χ0) is 12.4. The topological polar surface area (TPSA) is 0 Å². The van der Waals surface area contributed by atoms with Gasteiger partial charge in [-0.15, -0.1) is 11.6 Å². The van der Waals surface area contributed by atoms with Gasteiger partial charge in [0, 0.05) is 11.4 Å². The zero-order valence-corrected chi connectivity index (χ0v) is 11.0. The van der Waals surface area contributed by atoms with Gasteiger partial charge in [-0.05, 0) is 29.3 Å². The molecule has 88 valence electrons. The Morgan fingerprint density at radius 2 is 1.76 bits per heavy atom. The highest BCUT2D eigenvalue weighted by molar-refractivity contribution is 6.43. The Bertz CT molecular complexity index is 552. The van der Waals surface area contributed by atoms with Crippen LogP contribution in [0, 0.1) is 5.82 Å². The fraction of sp³-hybridized carbons (Fsp3) is 0.0769. The van der Waals surface area contributed by atoms with Gasteiger partial charge in [0.1, 0.15) is 5.82 Å². The number of halogens is 4. The van der Waals surface area contributed by atoms with Crippen LogP contribution in [0.3, 0.4) is 0 Å². The molecule has 0 heterocycles. The van der Waals surface area contributed by atoms with Crippen molar-refractivity contribution in [2.24, 2.45) is 0 Å². The molecule has 2 rings (SSSR count). The molecule has 0 saturated heterocycles. The van der Waals surface area contributed by atoms with Crippen molar-refractivity contribution in [1.29, 1.82) is 0 Å². The average Bonchev–Trinajstić information content (AvgIpc) is 2.33. The van der Waals surface area contributed by atoms with Crippen molar-refractivity contribution in [2.75, 3.05) is 0 Å². The number of benzene rings is 2. The van der Waals surface area contributed by atoms with E-state index >= 15 is 0 Å². The van der Waals surface area contributed by atoms with Gasteiger partial charge in [0.15, 0.2) is 0 Å². The minimum atomic E-state index is -0.329. The molecular formula is C13H8Cl3F. The van der Waals surface area contributed by atoms with Crippen LogP contribution in [-0.4, -0.2) is 0 Å². The number of alkyl halides is 1. The molecular weight excluding hydrogens is 282 g/mol. The van der Waals surface area contributed by atoms with Crippen LogP contribution in [0.2, 0.25) is 10.0 Å². The summed E-state index contributed by atoms with van der Waals surface area (Å²) in [6.07, 6.45) is 0. The third-order valence-electron chi connectivity index (χ3n) is 2.46. The molecule has 0 spiro atoms. The van der Waals surface area contributed by atoms with Gasteiger partial charge in [0.05, 0.1) is 10.0 Å². The molecule has 0 N–H and O–H groups in total. The monoisotopic (exact) mass is 288 g/mol. The first-order chi connectivity index (χ1) is 8.13. The van der Waals surface area contributed by atoms with Crippen molar-refractivity contribution in [3.63, 3.8) is 0 Å². The van der Waals surface area contributed by atoms with E-state index in [0.717, 1.165) is 5.56 Å². The summed E-state index contributed by atoms with van der Waals surface area (Å²) in [7, 11) is 0. The maximum Gasteiger partial charge on any atom is 0.123 e. The molecule has 0 fully saturated rings. The molecule has 0 aliphatic heterocycles. The van der Waals surface area contributed by atoms with E-state index in [-0.39, 0.29) is 5.82 Å². The summed E-state index contributed by atoms with van der Waals surface area (Å²) in [6, 6.07) is 9.68. The van der Waals surface area contributed by atoms with Crippen molar-refractivity contribution >= 4 is 34.8 Å². The molecule has 4 heteroatoms. The van der Waals surface area contributed by atoms with Gasteiger partial charge in [-0.2, -0.15) is 0 Å². The number of rotatable bonds is 2. The highest BCUT2D eigenvalue weighted by atomic mass is 35.5. The van der Waals surface area contributed by atoms with Crippen LogP contribution >= 0.6 is 34.8 Å². The molecule has 17 heavy (non-hydrogen) atoms. The summed E-state index contributed by atoms with van der Waals surface area (Å²) >= 11 is 17.9. The summed E-state index contributed by atoms with van der Waals surface area (Å²) < 4.78 is 13.3. The maximum atomic E-state index is 13.3. The second kappa shape index (κ2) is 5.26. The molecule has 2 aromatic rings. The van der Waals surface area contributed by atoms with E-state index in [4.69, 9.17) is 34.8 Å². The molecule has 0 nitrogen and oxygen atoms in total. The van der Waals surface area contributed by atoms with Crippen LogP contribution < -0.4 is 0 Å². The zero-order valence-electron chi connectivity index (χ0n) is 8.68. The van der Waals surface area contributed by atoms with Gasteiger partial charge < -0.3 is 0 Å². The summed E-state index contributed by atoms with van der Waals surface area (Å²) in [6.45, 7) is 0. The normalized spacial score (nSPS) is 10.6. The SMILES string of the molecule is Fc1ccc(CCl)c(-c2cccc(Cl)c2Cl)c1. The van der Waals surface area contributed by atoms with E-state index in [1.807, 2.05) is 0 Å². The van der Waals surface area contributed by atoms with E-state index in [9.17, 15) is 4.39 Å². The maximum absolute atomic E-state index is 13.3. The molecule has 0 aliphatic rings. The Kier molecular flexibility index (Phi) is 3.93. The first kappa shape index (κ1) is 12.7. The summed E-state index contributed by atoms with van der Waals surface area (Å²) in [5.74, 6) is -0.0387. The Morgan fingerprint density at radius 1 is 1.00 bits per heavy atom. The highest BCUT2D eigenvalue weighted by Crippen LogP contribution is 2.35. The Balaban J connectivity index is 2.67.